The number of amides is 1. The van der Waals surface area contributed by atoms with E-state index in [-0.39, 0.29) is 31.0 Å². The topological polar surface area (TPSA) is 52.6 Å². The van der Waals surface area contributed by atoms with Gasteiger partial charge < -0.3 is 15.3 Å². The number of nitrogens with one attached hydrogen (secondary N) is 1. The number of rotatable bonds is 3. The van der Waals surface area contributed by atoms with Crippen LogP contribution in [0.25, 0.3) is 0 Å². The van der Waals surface area contributed by atoms with E-state index in [2.05, 4.69) is 5.32 Å². The minimum Gasteiger partial charge on any atom is -0.395 e. The molecule has 14 heavy (non-hydrogen) atoms. The lowest BCUT2D eigenvalue weighted by Gasteiger charge is -2.26. The second-order valence-corrected chi connectivity index (χ2v) is 3.49. The number of nitrogens with zero attached hydrogens (tertiary/aromatic N) is 1. The highest BCUT2D eigenvalue weighted by molar-refractivity contribution is 5.85. The number of aliphatic hydroxyl groups excluding tert-OH is 1. The van der Waals surface area contributed by atoms with E-state index in [0.29, 0.717) is 6.54 Å². The monoisotopic (exact) mass is 222 g/mol. The number of carbonyl (C=O) groups excluding carboxylic acids is 1. The van der Waals surface area contributed by atoms with E-state index < -0.39 is 0 Å². The fourth-order valence-corrected chi connectivity index (χ4v) is 1.59. The summed E-state index contributed by atoms with van der Waals surface area (Å²) >= 11 is 0. The summed E-state index contributed by atoms with van der Waals surface area (Å²) < 4.78 is 0. The smallest absolute Gasteiger partial charge is 0.239 e. The van der Waals surface area contributed by atoms with Gasteiger partial charge in [-0.25, -0.2) is 0 Å². The molecule has 0 aliphatic carbocycles. The first-order chi connectivity index (χ1) is 6.25. The Morgan fingerprint density at radius 1 is 1.57 bits per heavy atom. The maximum absolute atomic E-state index is 11.6. The van der Waals surface area contributed by atoms with Crippen LogP contribution < -0.4 is 5.32 Å². The number of carbonyl (C=O) groups is 1. The van der Waals surface area contributed by atoms with E-state index in [1.54, 1.807) is 11.9 Å². The molecule has 0 aromatic carbocycles. The van der Waals surface area contributed by atoms with Crippen molar-refractivity contribution >= 4 is 18.3 Å². The summed E-state index contributed by atoms with van der Waals surface area (Å²) in [7, 11) is 1.73. The van der Waals surface area contributed by atoms with Crippen molar-refractivity contribution in [1.82, 2.24) is 10.2 Å². The third kappa shape index (κ3) is 3.82. The molecule has 0 saturated carbocycles. The molecule has 1 amide bonds. The van der Waals surface area contributed by atoms with Crippen molar-refractivity contribution in [2.75, 3.05) is 26.7 Å². The van der Waals surface area contributed by atoms with Crippen LogP contribution in [0.15, 0.2) is 0 Å². The van der Waals surface area contributed by atoms with Crippen LogP contribution in [0.1, 0.15) is 19.3 Å². The SMILES string of the molecule is CN(CCO)C(=O)C1CCCCN1.Cl. The minimum absolute atomic E-state index is 0. The van der Waals surface area contributed by atoms with E-state index in [1.165, 1.54) is 0 Å². The molecule has 1 saturated heterocycles. The maximum atomic E-state index is 11.6. The molecule has 0 spiro atoms. The Kier molecular flexibility index (Phi) is 6.87. The standard InChI is InChI=1S/C9H18N2O2.ClH/c1-11(6-7-12)9(13)8-4-2-3-5-10-8;/h8,10,12H,2-7H2,1H3;1H. The van der Waals surface area contributed by atoms with Gasteiger partial charge in [-0.1, -0.05) is 6.42 Å². The fourth-order valence-electron chi connectivity index (χ4n) is 1.59. The molecule has 0 radical (unpaired) electrons. The second kappa shape index (κ2) is 7.04. The lowest BCUT2D eigenvalue weighted by Crippen LogP contribution is -2.47. The van der Waals surface area contributed by atoms with E-state index in [4.69, 9.17) is 5.11 Å². The number of piperidine rings is 1. The Morgan fingerprint density at radius 3 is 2.79 bits per heavy atom. The van der Waals surface area contributed by atoms with Gasteiger partial charge >= 0.3 is 0 Å². The molecule has 1 rings (SSSR count). The molecule has 1 aliphatic rings. The summed E-state index contributed by atoms with van der Waals surface area (Å²) in [5, 5.41) is 11.9. The van der Waals surface area contributed by atoms with Crippen LogP contribution in [0.2, 0.25) is 0 Å². The first kappa shape index (κ1) is 13.7. The van der Waals surface area contributed by atoms with Crippen LogP contribution in [0.5, 0.6) is 0 Å². The third-order valence-corrected chi connectivity index (χ3v) is 2.42. The van der Waals surface area contributed by atoms with E-state index in [0.717, 1.165) is 25.8 Å². The molecule has 2 N–H and O–H groups in total. The lowest BCUT2D eigenvalue weighted by atomic mass is 10.0. The number of halogens is 1. The summed E-state index contributed by atoms with van der Waals surface area (Å²) in [6, 6.07) is -0.0229. The molecule has 1 heterocycles. The molecule has 4 nitrogen and oxygen atoms in total. The Morgan fingerprint density at radius 2 is 2.29 bits per heavy atom. The van der Waals surface area contributed by atoms with Crippen molar-refractivity contribution in [1.29, 1.82) is 0 Å². The van der Waals surface area contributed by atoms with Gasteiger partial charge in [0.15, 0.2) is 0 Å². The molecule has 1 atom stereocenters. The van der Waals surface area contributed by atoms with Crippen molar-refractivity contribution in [3.05, 3.63) is 0 Å². The number of hydrogen-bond acceptors (Lipinski definition) is 3. The second-order valence-electron chi connectivity index (χ2n) is 3.49. The molecule has 5 heteroatoms. The Bertz CT molecular complexity index is 172. The van der Waals surface area contributed by atoms with Gasteiger partial charge in [-0.2, -0.15) is 0 Å². The minimum atomic E-state index is -0.0229. The van der Waals surface area contributed by atoms with Gasteiger partial charge in [0.1, 0.15) is 0 Å². The summed E-state index contributed by atoms with van der Waals surface area (Å²) in [6.07, 6.45) is 3.21. The van der Waals surface area contributed by atoms with Crippen LogP contribution in [-0.4, -0.2) is 48.7 Å². The Balaban J connectivity index is 0.00000169. The summed E-state index contributed by atoms with van der Waals surface area (Å²) in [5.41, 5.74) is 0. The third-order valence-electron chi connectivity index (χ3n) is 2.42. The predicted octanol–water partition coefficient (Wildman–Crippen LogP) is 0.001000. The molecule has 0 bridgehead atoms. The van der Waals surface area contributed by atoms with Crippen molar-refractivity contribution in [2.45, 2.75) is 25.3 Å². The zero-order valence-corrected chi connectivity index (χ0v) is 9.35. The van der Waals surface area contributed by atoms with Crippen molar-refractivity contribution in [3.63, 3.8) is 0 Å². The van der Waals surface area contributed by atoms with Crippen molar-refractivity contribution in [2.24, 2.45) is 0 Å². The molecule has 84 valence electrons. The molecule has 1 aliphatic heterocycles. The average Bonchev–Trinajstić information content (AvgIpc) is 2.18. The highest BCUT2D eigenvalue weighted by Crippen LogP contribution is 2.08. The van der Waals surface area contributed by atoms with Crippen LogP contribution in [0, 0.1) is 0 Å². The van der Waals surface area contributed by atoms with Crippen molar-refractivity contribution in [3.8, 4) is 0 Å². The van der Waals surface area contributed by atoms with Crippen LogP contribution in [-0.2, 0) is 4.79 Å². The van der Waals surface area contributed by atoms with E-state index >= 15 is 0 Å². The normalized spacial score (nSPS) is 21.1. The maximum Gasteiger partial charge on any atom is 0.239 e. The number of hydrogen-bond donors (Lipinski definition) is 2. The molecule has 1 fully saturated rings. The van der Waals surface area contributed by atoms with Gasteiger partial charge in [-0.05, 0) is 19.4 Å². The predicted molar refractivity (Wildman–Crippen MR) is 57.6 cm³/mol. The van der Waals surface area contributed by atoms with Crippen LogP contribution >= 0.6 is 12.4 Å². The van der Waals surface area contributed by atoms with E-state index in [1.807, 2.05) is 0 Å². The average molecular weight is 223 g/mol. The number of aliphatic hydroxyl groups is 1. The van der Waals surface area contributed by atoms with Gasteiger partial charge in [0, 0.05) is 13.6 Å². The number of likely N-dealkylation sites (N-methyl/N-ethyl adjacent to an activating group) is 1. The summed E-state index contributed by atoms with van der Waals surface area (Å²) in [5.74, 6) is 0.105. The molecular weight excluding hydrogens is 204 g/mol. The van der Waals surface area contributed by atoms with Gasteiger partial charge in [0.05, 0.1) is 12.6 Å². The summed E-state index contributed by atoms with van der Waals surface area (Å²) in [4.78, 5) is 13.2. The Labute approximate surface area is 91.1 Å². The van der Waals surface area contributed by atoms with E-state index in [9.17, 15) is 4.79 Å². The van der Waals surface area contributed by atoms with Crippen LogP contribution in [0.3, 0.4) is 0 Å². The molecular formula is C9H19ClN2O2. The molecule has 1 unspecified atom stereocenters. The van der Waals surface area contributed by atoms with Gasteiger partial charge in [0.2, 0.25) is 5.91 Å². The molecule has 0 aromatic heterocycles. The largest absolute Gasteiger partial charge is 0.395 e. The first-order valence-electron chi connectivity index (χ1n) is 4.85. The van der Waals surface area contributed by atoms with Crippen LogP contribution in [0.4, 0.5) is 0 Å². The zero-order valence-electron chi connectivity index (χ0n) is 8.53. The van der Waals surface area contributed by atoms with Gasteiger partial charge in [-0.15, -0.1) is 12.4 Å². The first-order valence-corrected chi connectivity index (χ1v) is 4.85. The fraction of sp³-hybridized carbons (Fsp3) is 0.889. The quantitative estimate of drug-likeness (QED) is 0.707. The summed E-state index contributed by atoms with van der Waals surface area (Å²) in [6.45, 7) is 1.40. The highest BCUT2D eigenvalue weighted by Gasteiger charge is 2.22. The Hall–Kier alpha value is -0.320. The molecule has 0 aromatic rings. The zero-order chi connectivity index (χ0) is 9.68. The van der Waals surface area contributed by atoms with Crippen molar-refractivity contribution < 1.29 is 9.90 Å². The highest BCUT2D eigenvalue weighted by atomic mass is 35.5. The van der Waals surface area contributed by atoms with Gasteiger partial charge in [-0.3, -0.25) is 4.79 Å². The lowest BCUT2D eigenvalue weighted by molar-refractivity contribution is -0.133. The van der Waals surface area contributed by atoms with Gasteiger partial charge in [0.25, 0.3) is 0 Å².